The first-order valence-electron chi connectivity index (χ1n) is 10.6. The minimum atomic E-state index is -0.0708. The molecular weight excluding hydrogens is 368 g/mol. The summed E-state index contributed by atoms with van der Waals surface area (Å²) < 4.78 is 0. The fourth-order valence-corrected chi connectivity index (χ4v) is 4.86. The second-order valence-electron chi connectivity index (χ2n) is 8.52. The van der Waals surface area contributed by atoms with Gasteiger partial charge < -0.3 is 10.6 Å². The minimum absolute atomic E-state index is 0.0708. The monoisotopic (exact) mass is 394 g/mol. The van der Waals surface area contributed by atoms with E-state index < -0.39 is 0 Å². The van der Waals surface area contributed by atoms with E-state index in [-0.39, 0.29) is 5.91 Å². The molecule has 0 bridgehead atoms. The topological polar surface area (TPSA) is 41.1 Å². The number of amides is 1. The lowest BCUT2D eigenvalue weighted by Crippen LogP contribution is -2.29. The Hall–Kier alpha value is -3.33. The van der Waals surface area contributed by atoms with Crippen LogP contribution in [-0.2, 0) is 0 Å². The van der Waals surface area contributed by atoms with Gasteiger partial charge in [-0.25, -0.2) is 0 Å². The number of rotatable bonds is 3. The average molecular weight is 395 g/mol. The van der Waals surface area contributed by atoms with Gasteiger partial charge in [-0.2, -0.15) is 0 Å². The largest absolute Gasteiger partial charge is 0.378 e. The molecule has 0 radical (unpaired) electrons. The third kappa shape index (κ3) is 3.41. The molecule has 3 atom stereocenters. The Morgan fingerprint density at radius 2 is 1.77 bits per heavy atom. The van der Waals surface area contributed by atoms with Crippen LogP contribution < -0.4 is 10.6 Å². The van der Waals surface area contributed by atoms with Crippen LogP contribution in [0.5, 0.6) is 0 Å². The van der Waals surface area contributed by atoms with Crippen LogP contribution >= 0.6 is 0 Å². The van der Waals surface area contributed by atoms with Gasteiger partial charge in [-0.1, -0.05) is 59.7 Å². The van der Waals surface area contributed by atoms with E-state index in [2.05, 4.69) is 66.1 Å². The molecular formula is C27H26N2O. The fourth-order valence-electron chi connectivity index (χ4n) is 4.86. The number of nitrogens with one attached hydrogen (secondary N) is 2. The molecule has 3 aromatic carbocycles. The first kappa shape index (κ1) is 18.7. The number of benzene rings is 3. The zero-order valence-electron chi connectivity index (χ0n) is 17.4. The molecule has 150 valence electrons. The number of hydrogen-bond acceptors (Lipinski definition) is 2. The number of carbonyl (C=O) groups excluding carboxylic acids is 1. The Labute approximate surface area is 177 Å². The second-order valence-corrected chi connectivity index (χ2v) is 8.52. The van der Waals surface area contributed by atoms with Crippen LogP contribution in [0.15, 0.2) is 78.9 Å². The number of fused-ring (bicyclic) bond motifs is 3. The normalized spacial score (nSPS) is 21.5. The highest BCUT2D eigenvalue weighted by Crippen LogP contribution is 2.50. The van der Waals surface area contributed by atoms with Crippen molar-refractivity contribution < 1.29 is 4.79 Å². The van der Waals surface area contributed by atoms with Crippen molar-refractivity contribution in [2.45, 2.75) is 32.2 Å². The summed E-state index contributed by atoms with van der Waals surface area (Å²) in [4.78, 5) is 12.7. The number of allylic oxidation sites excluding steroid dienone is 2. The molecule has 3 unspecified atom stereocenters. The van der Waals surface area contributed by atoms with Crippen LogP contribution in [0.2, 0.25) is 0 Å². The predicted molar refractivity (Wildman–Crippen MR) is 123 cm³/mol. The van der Waals surface area contributed by atoms with Gasteiger partial charge in [0.2, 0.25) is 0 Å². The fraction of sp³-hybridized carbons (Fsp3) is 0.222. The third-order valence-corrected chi connectivity index (χ3v) is 6.30. The van der Waals surface area contributed by atoms with Gasteiger partial charge in [0, 0.05) is 22.9 Å². The summed E-state index contributed by atoms with van der Waals surface area (Å²) >= 11 is 0. The van der Waals surface area contributed by atoms with Crippen molar-refractivity contribution >= 4 is 17.3 Å². The summed E-state index contributed by atoms with van der Waals surface area (Å²) in [7, 11) is 0. The summed E-state index contributed by atoms with van der Waals surface area (Å²) in [5, 5.41) is 6.85. The van der Waals surface area contributed by atoms with Gasteiger partial charge in [0.15, 0.2) is 0 Å². The maximum Gasteiger partial charge on any atom is 0.255 e. The lowest BCUT2D eigenvalue weighted by atomic mass is 9.77. The molecule has 0 aromatic heterocycles. The van der Waals surface area contributed by atoms with Crippen molar-refractivity contribution in [2.24, 2.45) is 5.92 Å². The van der Waals surface area contributed by atoms with Crippen LogP contribution in [0.4, 0.5) is 11.4 Å². The molecule has 3 aromatic rings. The number of anilines is 2. The van der Waals surface area contributed by atoms with Crippen LogP contribution in [0.1, 0.15) is 51.0 Å². The number of hydrogen-bond donors (Lipinski definition) is 2. The van der Waals surface area contributed by atoms with E-state index in [0.717, 1.165) is 23.4 Å². The summed E-state index contributed by atoms with van der Waals surface area (Å²) in [6, 6.07) is 23.0. The van der Waals surface area contributed by atoms with E-state index in [1.54, 1.807) is 0 Å². The standard InChI is InChI=1S/C27H26N2O/c1-17-6-3-8-19(14-17)26-23-11-5-10-22(23)24-16-21(12-13-25(24)29-26)28-27(30)20-9-4-7-18(2)15-20/h3-10,12-16,22-23,26,29H,11H2,1-2H3,(H,28,30). The summed E-state index contributed by atoms with van der Waals surface area (Å²) in [6.45, 7) is 4.15. The summed E-state index contributed by atoms with van der Waals surface area (Å²) in [5.74, 6) is 0.781. The van der Waals surface area contributed by atoms with E-state index in [0.29, 0.717) is 23.4 Å². The molecule has 1 heterocycles. The Morgan fingerprint density at radius 3 is 2.57 bits per heavy atom. The quantitative estimate of drug-likeness (QED) is 0.506. The van der Waals surface area contributed by atoms with Gasteiger partial charge in [-0.05, 0) is 67.6 Å². The van der Waals surface area contributed by atoms with E-state index in [1.807, 2.05) is 37.3 Å². The predicted octanol–water partition coefficient (Wildman–Crippen LogP) is 6.38. The van der Waals surface area contributed by atoms with Crippen molar-refractivity contribution in [3.05, 3.63) is 107 Å². The molecule has 0 saturated carbocycles. The molecule has 2 N–H and O–H groups in total. The van der Waals surface area contributed by atoms with Crippen molar-refractivity contribution in [3.63, 3.8) is 0 Å². The van der Waals surface area contributed by atoms with Crippen LogP contribution in [0.3, 0.4) is 0 Å². The van der Waals surface area contributed by atoms with E-state index in [1.165, 1.54) is 16.7 Å². The maximum absolute atomic E-state index is 12.7. The van der Waals surface area contributed by atoms with Gasteiger partial charge in [0.05, 0.1) is 6.04 Å². The number of aryl methyl sites for hydroxylation is 2. The van der Waals surface area contributed by atoms with Crippen molar-refractivity contribution in [3.8, 4) is 0 Å². The minimum Gasteiger partial charge on any atom is -0.378 e. The van der Waals surface area contributed by atoms with E-state index in [9.17, 15) is 4.79 Å². The van der Waals surface area contributed by atoms with Gasteiger partial charge in [-0.15, -0.1) is 0 Å². The van der Waals surface area contributed by atoms with Crippen LogP contribution in [0, 0.1) is 19.8 Å². The highest BCUT2D eigenvalue weighted by atomic mass is 16.1. The second kappa shape index (κ2) is 7.49. The average Bonchev–Trinajstić information content (AvgIpc) is 3.23. The summed E-state index contributed by atoms with van der Waals surface area (Å²) in [6.07, 6.45) is 5.70. The molecule has 3 heteroatoms. The molecule has 0 fully saturated rings. The van der Waals surface area contributed by atoms with E-state index >= 15 is 0 Å². The zero-order chi connectivity index (χ0) is 20.7. The zero-order valence-corrected chi connectivity index (χ0v) is 17.4. The molecule has 1 aliphatic heterocycles. The Morgan fingerprint density at radius 1 is 0.967 bits per heavy atom. The smallest absolute Gasteiger partial charge is 0.255 e. The Bertz CT molecular complexity index is 1150. The van der Waals surface area contributed by atoms with Crippen LogP contribution in [-0.4, -0.2) is 5.91 Å². The molecule has 0 spiro atoms. The van der Waals surface area contributed by atoms with Gasteiger partial charge in [0.1, 0.15) is 0 Å². The molecule has 5 rings (SSSR count). The van der Waals surface area contributed by atoms with Crippen molar-refractivity contribution in [1.29, 1.82) is 0 Å². The lowest BCUT2D eigenvalue weighted by Gasteiger charge is -2.38. The van der Waals surface area contributed by atoms with Gasteiger partial charge >= 0.3 is 0 Å². The summed E-state index contributed by atoms with van der Waals surface area (Å²) in [5.41, 5.74) is 7.66. The maximum atomic E-state index is 12.7. The number of carbonyl (C=O) groups is 1. The van der Waals surface area contributed by atoms with Crippen molar-refractivity contribution in [2.75, 3.05) is 10.6 Å². The highest BCUT2D eigenvalue weighted by Gasteiger charge is 2.38. The third-order valence-electron chi connectivity index (χ3n) is 6.30. The van der Waals surface area contributed by atoms with Gasteiger partial charge in [-0.3, -0.25) is 4.79 Å². The van der Waals surface area contributed by atoms with Crippen LogP contribution in [0.25, 0.3) is 0 Å². The van der Waals surface area contributed by atoms with Gasteiger partial charge in [0.25, 0.3) is 5.91 Å². The van der Waals surface area contributed by atoms with Crippen molar-refractivity contribution in [1.82, 2.24) is 0 Å². The molecule has 30 heavy (non-hydrogen) atoms. The lowest BCUT2D eigenvalue weighted by molar-refractivity contribution is 0.102. The highest BCUT2D eigenvalue weighted by molar-refractivity contribution is 6.04. The SMILES string of the molecule is Cc1cccc(C(=O)Nc2ccc3c(c2)C2C=CCC2C(c2cccc(C)c2)N3)c1. The first-order valence-corrected chi connectivity index (χ1v) is 10.6. The molecule has 3 nitrogen and oxygen atoms in total. The van der Waals surface area contributed by atoms with E-state index in [4.69, 9.17) is 0 Å². The Balaban J connectivity index is 1.44. The first-order chi connectivity index (χ1) is 14.6. The molecule has 1 amide bonds. The molecule has 1 aliphatic carbocycles. The molecule has 2 aliphatic rings. The molecule has 0 saturated heterocycles. The Kier molecular flexibility index (Phi) is 4.66.